The minimum atomic E-state index is 0.328. The average molecular weight is 245 g/mol. The normalized spacial score (nSPS) is 11.2. The Kier molecular flexibility index (Phi) is 3.72. The summed E-state index contributed by atoms with van der Waals surface area (Å²) >= 11 is 0. The quantitative estimate of drug-likeness (QED) is 0.892. The van der Waals surface area contributed by atoms with E-state index in [1.165, 1.54) is 0 Å². The Morgan fingerprint density at radius 1 is 1.33 bits per heavy atom. The van der Waals surface area contributed by atoms with Crippen molar-refractivity contribution in [2.24, 2.45) is 0 Å². The SMILES string of the molecule is CNCc1nc(C(C)C)ncc1-n1cc(C)cn1. The largest absolute Gasteiger partial charge is 0.314 e. The zero-order valence-electron chi connectivity index (χ0n) is 11.3. The third kappa shape index (κ3) is 2.56. The Balaban J connectivity index is 2.46. The molecule has 96 valence electrons. The molecular formula is C13H19N5. The summed E-state index contributed by atoms with van der Waals surface area (Å²) in [5, 5.41) is 7.45. The van der Waals surface area contributed by atoms with Crippen molar-refractivity contribution in [3.05, 3.63) is 35.7 Å². The first-order valence-electron chi connectivity index (χ1n) is 6.14. The van der Waals surface area contributed by atoms with E-state index >= 15 is 0 Å². The Morgan fingerprint density at radius 3 is 2.67 bits per heavy atom. The number of hydrogen-bond donors (Lipinski definition) is 1. The summed E-state index contributed by atoms with van der Waals surface area (Å²) in [5.74, 6) is 1.20. The van der Waals surface area contributed by atoms with Gasteiger partial charge in [0.2, 0.25) is 0 Å². The van der Waals surface area contributed by atoms with Crippen LogP contribution in [0.5, 0.6) is 0 Å². The summed E-state index contributed by atoms with van der Waals surface area (Å²) in [6, 6.07) is 0. The van der Waals surface area contributed by atoms with E-state index in [0.717, 1.165) is 22.8 Å². The predicted molar refractivity (Wildman–Crippen MR) is 70.7 cm³/mol. The molecule has 0 spiro atoms. The van der Waals surface area contributed by atoms with Gasteiger partial charge in [-0.25, -0.2) is 14.6 Å². The fourth-order valence-electron chi connectivity index (χ4n) is 1.74. The van der Waals surface area contributed by atoms with Gasteiger partial charge in [0, 0.05) is 18.7 Å². The third-order valence-electron chi connectivity index (χ3n) is 2.68. The Labute approximate surface area is 107 Å². The van der Waals surface area contributed by atoms with E-state index < -0.39 is 0 Å². The number of nitrogens with zero attached hydrogens (tertiary/aromatic N) is 4. The minimum absolute atomic E-state index is 0.328. The Bertz CT molecular complexity index is 530. The summed E-state index contributed by atoms with van der Waals surface area (Å²) in [6.45, 7) is 6.91. The molecule has 0 bridgehead atoms. The zero-order chi connectivity index (χ0) is 13.1. The van der Waals surface area contributed by atoms with Gasteiger partial charge in [-0.3, -0.25) is 0 Å². The minimum Gasteiger partial charge on any atom is -0.314 e. The molecule has 0 saturated carbocycles. The van der Waals surface area contributed by atoms with Crippen LogP contribution in [0.3, 0.4) is 0 Å². The summed E-state index contributed by atoms with van der Waals surface area (Å²) in [7, 11) is 1.91. The molecule has 2 aromatic heterocycles. The highest BCUT2D eigenvalue weighted by Gasteiger charge is 2.11. The number of rotatable bonds is 4. The summed E-state index contributed by atoms with van der Waals surface area (Å²) in [6.07, 6.45) is 5.66. The lowest BCUT2D eigenvalue weighted by molar-refractivity contribution is 0.707. The van der Waals surface area contributed by atoms with Crippen molar-refractivity contribution in [2.75, 3.05) is 7.05 Å². The Hall–Kier alpha value is -1.75. The lowest BCUT2D eigenvalue weighted by Crippen LogP contribution is -2.14. The molecule has 0 amide bonds. The van der Waals surface area contributed by atoms with Crippen LogP contribution >= 0.6 is 0 Å². The van der Waals surface area contributed by atoms with Crippen molar-refractivity contribution in [1.82, 2.24) is 25.1 Å². The molecule has 2 heterocycles. The van der Waals surface area contributed by atoms with Gasteiger partial charge in [-0.15, -0.1) is 0 Å². The molecule has 18 heavy (non-hydrogen) atoms. The first kappa shape index (κ1) is 12.7. The van der Waals surface area contributed by atoms with Crippen LogP contribution in [0.25, 0.3) is 5.69 Å². The second-order valence-electron chi connectivity index (χ2n) is 4.71. The van der Waals surface area contributed by atoms with Gasteiger partial charge in [-0.05, 0) is 19.5 Å². The molecule has 0 aliphatic heterocycles. The van der Waals surface area contributed by atoms with Crippen LogP contribution in [0.15, 0.2) is 18.6 Å². The standard InChI is InChI=1S/C13H19N5/c1-9(2)13-15-7-12(11(17-13)6-14-4)18-8-10(3)5-16-18/h5,7-9,14H,6H2,1-4H3. The van der Waals surface area contributed by atoms with E-state index in [-0.39, 0.29) is 0 Å². The molecule has 0 saturated heterocycles. The van der Waals surface area contributed by atoms with Crippen LogP contribution in [0.1, 0.15) is 36.8 Å². The molecule has 2 rings (SSSR count). The van der Waals surface area contributed by atoms with Crippen molar-refractivity contribution in [1.29, 1.82) is 0 Å². The molecule has 0 unspecified atom stereocenters. The molecule has 1 N–H and O–H groups in total. The van der Waals surface area contributed by atoms with Crippen molar-refractivity contribution < 1.29 is 0 Å². The maximum Gasteiger partial charge on any atom is 0.131 e. The fraction of sp³-hybridized carbons (Fsp3) is 0.462. The first-order valence-corrected chi connectivity index (χ1v) is 6.14. The monoisotopic (exact) mass is 245 g/mol. The predicted octanol–water partition coefficient (Wildman–Crippen LogP) is 1.81. The van der Waals surface area contributed by atoms with E-state index in [1.54, 1.807) is 0 Å². The zero-order valence-corrected chi connectivity index (χ0v) is 11.3. The molecule has 0 fully saturated rings. The second kappa shape index (κ2) is 5.27. The smallest absolute Gasteiger partial charge is 0.131 e. The Morgan fingerprint density at radius 2 is 2.11 bits per heavy atom. The van der Waals surface area contributed by atoms with Gasteiger partial charge in [0.25, 0.3) is 0 Å². The van der Waals surface area contributed by atoms with Crippen molar-refractivity contribution in [2.45, 2.75) is 33.2 Å². The molecule has 2 aromatic rings. The molecule has 0 atom stereocenters. The number of nitrogens with one attached hydrogen (secondary N) is 1. The van der Waals surface area contributed by atoms with Crippen molar-refractivity contribution >= 4 is 0 Å². The molecular weight excluding hydrogens is 226 g/mol. The van der Waals surface area contributed by atoms with Crippen LogP contribution in [-0.2, 0) is 6.54 Å². The highest BCUT2D eigenvalue weighted by atomic mass is 15.3. The molecule has 0 aromatic carbocycles. The molecule has 5 heteroatoms. The van der Waals surface area contributed by atoms with Crippen LogP contribution in [0.4, 0.5) is 0 Å². The van der Waals surface area contributed by atoms with E-state index in [2.05, 4.69) is 34.2 Å². The van der Waals surface area contributed by atoms with E-state index in [9.17, 15) is 0 Å². The van der Waals surface area contributed by atoms with Gasteiger partial charge in [-0.2, -0.15) is 5.10 Å². The number of aryl methyl sites for hydroxylation is 1. The van der Waals surface area contributed by atoms with Crippen LogP contribution in [0.2, 0.25) is 0 Å². The molecule has 0 aliphatic carbocycles. The average Bonchev–Trinajstić information content (AvgIpc) is 2.76. The van der Waals surface area contributed by atoms with Crippen molar-refractivity contribution in [3.8, 4) is 5.69 Å². The lowest BCUT2D eigenvalue weighted by Gasteiger charge is -2.11. The number of aromatic nitrogens is 4. The van der Waals surface area contributed by atoms with Gasteiger partial charge < -0.3 is 5.32 Å². The maximum absolute atomic E-state index is 4.61. The van der Waals surface area contributed by atoms with Gasteiger partial charge in [0.15, 0.2) is 0 Å². The van der Waals surface area contributed by atoms with Crippen molar-refractivity contribution in [3.63, 3.8) is 0 Å². The van der Waals surface area contributed by atoms with E-state index in [4.69, 9.17) is 0 Å². The molecule has 0 radical (unpaired) electrons. The maximum atomic E-state index is 4.61. The van der Waals surface area contributed by atoms with Crippen LogP contribution in [-0.4, -0.2) is 26.8 Å². The number of hydrogen-bond acceptors (Lipinski definition) is 4. The first-order chi connectivity index (χ1) is 8.61. The highest BCUT2D eigenvalue weighted by molar-refractivity contribution is 5.34. The van der Waals surface area contributed by atoms with E-state index in [1.807, 2.05) is 37.2 Å². The van der Waals surface area contributed by atoms with Gasteiger partial charge in [0.05, 0.1) is 18.1 Å². The summed E-state index contributed by atoms with van der Waals surface area (Å²) < 4.78 is 1.83. The molecule has 0 aliphatic rings. The summed E-state index contributed by atoms with van der Waals surface area (Å²) in [5.41, 5.74) is 3.03. The second-order valence-corrected chi connectivity index (χ2v) is 4.71. The van der Waals surface area contributed by atoms with Crippen LogP contribution < -0.4 is 5.32 Å². The topological polar surface area (TPSA) is 55.6 Å². The molecule has 5 nitrogen and oxygen atoms in total. The fourth-order valence-corrected chi connectivity index (χ4v) is 1.74. The van der Waals surface area contributed by atoms with Crippen LogP contribution in [0, 0.1) is 6.92 Å². The lowest BCUT2D eigenvalue weighted by atomic mass is 10.2. The van der Waals surface area contributed by atoms with Gasteiger partial charge in [0.1, 0.15) is 11.5 Å². The van der Waals surface area contributed by atoms with E-state index in [0.29, 0.717) is 12.5 Å². The highest BCUT2D eigenvalue weighted by Crippen LogP contribution is 2.15. The summed E-state index contributed by atoms with van der Waals surface area (Å²) in [4.78, 5) is 9.02. The van der Waals surface area contributed by atoms with Gasteiger partial charge >= 0.3 is 0 Å². The third-order valence-corrected chi connectivity index (χ3v) is 2.68. The van der Waals surface area contributed by atoms with Gasteiger partial charge in [-0.1, -0.05) is 13.8 Å².